The van der Waals surface area contributed by atoms with Crippen LogP contribution in [0.5, 0.6) is 0 Å². The first-order valence-corrected chi connectivity index (χ1v) is 23.6. The molecule has 10 heteroatoms. The third kappa shape index (κ3) is 40.2. The molecule has 0 spiro atoms. The first-order chi connectivity index (χ1) is 26.0. The molecule has 9 nitrogen and oxygen atoms in total. The molecule has 0 aliphatic heterocycles. The molecule has 0 fully saturated rings. The highest BCUT2D eigenvalue weighted by molar-refractivity contribution is 7.47. The van der Waals surface area contributed by atoms with E-state index in [2.05, 4.69) is 38.2 Å². The van der Waals surface area contributed by atoms with Crippen LogP contribution in [0.2, 0.25) is 0 Å². The van der Waals surface area contributed by atoms with Gasteiger partial charge in [-0.2, -0.15) is 0 Å². The maximum absolute atomic E-state index is 12.6. The number of phosphoric ester groups is 1. The standard InChI is InChI=1S/C44H84NO8P/c1-6-8-10-12-14-16-18-19-20-21-22-23-24-25-27-28-30-32-34-36-43(46)50-40-42(41-52-54(48,49)51-39-38-45(3,4)5)53-44(47)37-35-33-31-29-26-17-15-13-11-9-7-2/h13,15,19-20,42H,6-12,14,16-18,21-41H2,1-5H3/p+1/b15-13-,20-19-/t42-/m1/s1. The van der Waals surface area contributed by atoms with E-state index >= 15 is 0 Å². The van der Waals surface area contributed by atoms with Crippen LogP contribution in [-0.4, -0.2) is 74.9 Å². The molecule has 0 aliphatic rings. The molecule has 1 N–H and O–H groups in total. The minimum Gasteiger partial charge on any atom is -0.462 e. The molecule has 318 valence electrons. The van der Waals surface area contributed by atoms with E-state index in [1.54, 1.807) is 0 Å². The van der Waals surface area contributed by atoms with Crippen molar-refractivity contribution in [2.24, 2.45) is 0 Å². The lowest BCUT2D eigenvalue weighted by Crippen LogP contribution is -2.37. The van der Waals surface area contributed by atoms with Gasteiger partial charge < -0.3 is 18.9 Å². The normalized spacial score (nSPS) is 13.8. The fourth-order valence-corrected chi connectivity index (χ4v) is 6.67. The fraction of sp³-hybridized carbons (Fsp3) is 0.864. The van der Waals surface area contributed by atoms with Gasteiger partial charge in [-0.15, -0.1) is 0 Å². The van der Waals surface area contributed by atoms with Crippen LogP contribution in [0.1, 0.15) is 194 Å². The van der Waals surface area contributed by atoms with Gasteiger partial charge in [-0.25, -0.2) is 4.57 Å². The number of allylic oxidation sites excluding steroid dienone is 4. The van der Waals surface area contributed by atoms with E-state index in [4.69, 9.17) is 18.5 Å². The van der Waals surface area contributed by atoms with Crippen LogP contribution in [-0.2, 0) is 32.7 Å². The molecule has 0 saturated heterocycles. The summed E-state index contributed by atoms with van der Waals surface area (Å²) in [5.41, 5.74) is 0. The molecule has 54 heavy (non-hydrogen) atoms. The number of nitrogens with zero attached hydrogens (tertiary/aromatic N) is 1. The number of quaternary nitrogens is 1. The van der Waals surface area contributed by atoms with Crippen molar-refractivity contribution in [2.75, 3.05) is 47.5 Å². The lowest BCUT2D eigenvalue weighted by Gasteiger charge is -2.24. The second-order valence-corrected chi connectivity index (χ2v) is 17.5. The van der Waals surface area contributed by atoms with E-state index in [0.717, 1.165) is 57.8 Å². The van der Waals surface area contributed by atoms with E-state index in [0.29, 0.717) is 17.4 Å². The summed E-state index contributed by atoms with van der Waals surface area (Å²) in [6, 6.07) is 0. The number of phosphoric acid groups is 1. The Morgan fingerprint density at radius 1 is 0.556 bits per heavy atom. The van der Waals surface area contributed by atoms with Gasteiger partial charge in [0, 0.05) is 12.8 Å². The molecular weight excluding hydrogens is 701 g/mol. The summed E-state index contributed by atoms with van der Waals surface area (Å²) in [6.07, 6.45) is 39.4. The minimum atomic E-state index is -4.37. The zero-order valence-electron chi connectivity index (χ0n) is 35.7. The van der Waals surface area contributed by atoms with E-state index in [1.807, 2.05) is 21.1 Å². The van der Waals surface area contributed by atoms with Gasteiger partial charge in [0.2, 0.25) is 0 Å². The summed E-state index contributed by atoms with van der Waals surface area (Å²) in [7, 11) is 1.47. The highest BCUT2D eigenvalue weighted by atomic mass is 31.2. The lowest BCUT2D eigenvalue weighted by molar-refractivity contribution is -0.870. The Labute approximate surface area is 332 Å². The largest absolute Gasteiger partial charge is 0.472 e. The number of hydrogen-bond donors (Lipinski definition) is 1. The van der Waals surface area contributed by atoms with Crippen molar-refractivity contribution in [3.05, 3.63) is 24.3 Å². The topological polar surface area (TPSA) is 108 Å². The average molecular weight is 787 g/mol. The van der Waals surface area contributed by atoms with E-state index in [9.17, 15) is 19.0 Å². The van der Waals surface area contributed by atoms with Gasteiger partial charge in [0.05, 0.1) is 27.7 Å². The first kappa shape index (κ1) is 52.5. The van der Waals surface area contributed by atoms with Gasteiger partial charge in [0.25, 0.3) is 0 Å². The first-order valence-electron chi connectivity index (χ1n) is 22.1. The number of carbonyl (C=O) groups excluding carboxylic acids is 2. The third-order valence-corrected chi connectivity index (χ3v) is 10.4. The van der Waals surface area contributed by atoms with E-state index in [-0.39, 0.29) is 32.0 Å². The summed E-state index contributed by atoms with van der Waals surface area (Å²) in [5, 5.41) is 0. The molecular formula is C44H85NO8P+. The summed E-state index contributed by atoms with van der Waals surface area (Å²) in [5.74, 6) is -0.809. The van der Waals surface area contributed by atoms with Crippen molar-refractivity contribution < 1.29 is 42.1 Å². The highest BCUT2D eigenvalue weighted by Gasteiger charge is 2.27. The third-order valence-electron chi connectivity index (χ3n) is 9.45. The number of unbranched alkanes of at least 4 members (excludes halogenated alkanes) is 22. The summed E-state index contributed by atoms with van der Waals surface area (Å²) in [4.78, 5) is 35.3. The van der Waals surface area contributed by atoms with Crippen molar-refractivity contribution in [3.63, 3.8) is 0 Å². The molecule has 0 bridgehead atoms. The Morgan fingerprint density at radius 2 is 0.963 bits per heavy atom. The van der Waals surface area contributed by atoms with Gasteiger partial charge in [0.15, 0.2) is 6.10 Å². The maximum Gasteiger partial charge on any atom is 0.472 e. The monoisotopic (exact) mass is 787 g/mol. The van der Waals surface area contributed by atoms with Crippen molar-refractivity contribution in [1.82, 2.24) is 0 Å². The number of esters is 2. The van der Waals surface area contributed by atoms with Gasteiger partial charge in [-0.05, 0) is 57.8 Å². The zero-order valence-corrected chi connectivity index (χ0v) is 36.6. The smallest absolute Gasteiger partial charge is 0.462 e. The van der Waals surface area contributed by atoms with Crippen molar-refractivity contribution in [1.29, 1.82) is 0 Å². The molecule has 0 aromatic heterocycles. The van der Waals surface area contributed by atoms with Crippen molar-refractivity contribution in [3.8, 4) is 0 Å². The zero-order chi connectivity index (χ0) is 40.0. The van der Waals surface area contributed by atoms with Gasteiger partial charge in [0.1, 0.15) is 19.8 Å². The Hall–Kier alpha value is -1.51. The molecule has 0 aromatic carbocycles. The second kappa shape index (κ2) is 37.1. The average Bonchev–Trinajstić information content (AvgIpc) is 3.12. The molecule has 0 aliphatic carbocycles. The molecule has 0 heterocycles. The van der Waals surface area contributed by atoms with Crippen LogP contribution in [0.15, 0.2) is 24.3 Å². The maximum atomic E-state index is 12.6. The number of likely N-dealkylation sites (N-methyl/N-ethyl adjacent to an activating group) is 1. The summed E-state index contributed by atoms with van der Waals surface area (Å²) in [6.45, 7) is 4.37. The number of rotatable bonds is 40. The molecule has 1 unspecified atom stereocenters. The molecule has 2 atom stereocenters. The Morgan fingerprint density at radius 3 is 1.43 bits per heavy atom. The van der Waals surface area contributed by atoms with Crippen LogP contribution < -0.4 is 0 Å². The molecule has 0 radical (unpaired) electrons. The van der Waals surface area contributed by atoms with Crippen molar-refractivity contribution in [2.45, 2.75) is 200 Å². The number of hydrogen-bond acceptors (Lipinski definition) is 7. The van der Waals surface area contributed by atoms with E-state index < -0.39 is 26.5 Å². The predicted molar refractivity (Wildman–Crippen MR) is 224 cm³/mol. The minimum absolute atomic E-state index is 0.0309. The predicted octanol–water partition coefficient (Wildman–Crippen LogP) is 12.4. The molecule has 0 rings (SSSR count). The number of ether oxygens (including phenoxy) is 2. The van der Waals surface area contributed by atoms with Gasteiger partial charge >= 0.3 is 19.8 Å². The highest BCUT2D eigenvalue weighted by Crippen LogP contribution is 2.43. The SMILES string of the molecule is CCCC/C=C\CCCCCCCC(=O)O[C@H](COC(=O)CCCCCCCCCCC/C=C\CCCCCCCC)COP(=O)(O)OCC[N+](C)(C)C. The Balaban J connectivity index is 4.28. The van der Waals surface area contributed by atoms with Crippen molar-refractivity contribution >= 4 is 19.8 Å². The summed E-state index contributed by atoms with van der Waals surface area (Å²) < 4.78 is 34.2. The van der Waals surface area contributed by atoms with Crippen LogP contribution in [0, 0.1) is 0 Å². The Kier molecular flexibility index (Phi) is 36.1. The van der Waals surface area contributed by atoms with Crippen LogP contribution in [0.4, 0.5) is 0 Å². The van der Waals surface area contributed by atoms with Gasteiger partial charge in [-0.3, -0.25) is 18.6 Å². The molecule has 0 amide bonds. The van der Waals surface area contributed by atoms with Gasteiger partial charge in [-0.1, -0.05) is 147 Å². The van der Waals surface area contributed by atoms with Crippen LogP contribution >= 0.6 is 7.82 Å². The second-order valence-electron chi connectivity index (χ2n) is 16.1. The quantitative estimate of drug-likeness (QED) is 0.0215. The number of carbonyl (C=O) groups is 2. The lowest BCUT2D eigenvalue weighted by atomic mass is 10.1. The fourth-order valence-electron chi connectivity index (χ4n) is 5.93. The molecule has 0 saturated carbocycles. The van der Waals surface area contributed by atoms with Crippen LogP contribution in [0.3, 0.4) is 0 Å². The molecule has 0 aromatic rings. The summed E-state index contributed by atoms with van der Waals surface area (Å²) >= 11 is 0. The Bertz CT molecular complexity index is 980. The van der Waals surface area contributed by atoms with Crippen LogP contribution in [0.25, 0.3) is 0 Å². The van der Waals surface area contributed by atoms with E-state index in [1.165, 1.54) is 103 Å².